The van der Waals surface area contributed by atoms with Crippen LogP contribution in [-0.4, -0.2) is 32.8 Å². The van der Waals surface area contributed by atoms with Crippen LogP contribution in [0.15, 0.2) is 24.5 Å². The normalized spacial score (nSPS) is 16.9. The molecular formula is C13H17N5. The van der Waals surface area contributed by atoms with Gasteiger partial charge in [0.25, 0.3) is 0 Å². The average molecular weight is 243 g/mol. The molecule has 0 aliphatic carbocycles. The summed E-state index contributed by atoms with van der Waals surface area (Å²) in [5, 5.41) is 11.9. The third-order valence-corrected chi connectivity index (χ3v) is 3.46. The van der Waals surface area contributed by atoms with E-state index in [9.17, 15) is 0 Å². The summed E-state index contributed by atoms with van der Waals surface area (Å²) in [6, 6.07) is 4.47. The lowest BCUT2D eigenvalue weighted by atomic mass is 10.1. The van der Waals surface area contributed by atoms with Crippen LogP contribution >= 0.6 is 0 Å². The molecule has 0 unspecified atom stereocenters. The van der Waals surface area contributed by atoms with E-state index in [1.54, 1.807) is 6.20 Å². The smallest absolute Gasteiger partial charge is 0.165 e. The minimum Gasteiger partial charge on any atom is -0.317 e. The Morgan fingerprint density at radius 2 is 2.11 bits per heavy atom. The number of aryl methyl sites for hydroxylation is 1. The first-order valence-electron chi connectivity index (χ1n) is 6.39. The first-order chi connectivity index (χ1) is 8.86. The largest absolute Gasteiger partial charge is 0.317 e. The molecule has 1 fully saturated rings. The van der Waals surface area contributed by atoms with E-state index in [-0.39, 0.29) is 0 Å². The fraction of sp³-hybridized carbons (Fsp3) is 0.462. The van der Waals surface area contributed by atoms with Gasteiger partial charge in [0.2, 0.25) is 0 Å². The molecule has 0 atom stereocenters. The van der Waals surface area contributed by atoms with E-state index >= 15 is 0 Å². The molecule has 94 valence electrons. The number of nitrogens with one attached hydrogen (secondary N) is 1. The number of nitrogens with zero attached hydrogens (tertiary/aromatic N) is 4. The molecule has 0 bridgehead atoms. The fourth-order valence-corrected chi connectivity index (χ4v) is 2.56. The van der Waals surface area contributed by atoms with Gasteiger partial charge >= 0.3 is 0 Å². The summed E-state index contributed by atoms with van der Waals surface area (Å²) in [4.78, 5) is 4.16. The Morgan fingerprint density at radius 3 is 2.83 bits per heavy atom. The molecule has 0 aromatic carbocycles. The van der Waals surface area contributed by atoms with Crippen molar-refractivity contribution in [2.75, 3.05) is 13.1 Å². The van der Waals surface area contributed by atoms with Gasteiger partial charge in [-0.15, -0.1) is 10.2 Å². The number of piperidine rings is 1. The van der Waals surface area contributed by atoms with Gasteiger partial charge in [-0.2, -0.15) is 0 Å². The summed E-state index contributed by atoms with van der Waals surface area (Å²) < 4.78 is 2.26. The number of pyridine rings is 1. The summed E-state index contributed by atoms with van der Waals surface area (Å²) >= 11 is 0. The monoisotopic (exact) mass is 243 g/mol. The molecule has 0 amide bonds. The van der Waals surface area contributed by atoms with Crippen molar-refractivity contribution >= 4 is 0 Å². The van der Waals surface area contributed by atoms with Gasteiger partial charge in [-0.05, 0) is 45.0 Å². The third-order valence-electron chi connectivity index (χ3n) is 3.46. The molecule has 2 aromatic rings. The first-order valence-corrected chi connectivity index (χ1v) is 6.39. The van der Waals surface area contributed by atoms with Crippen LogP contribution < -0.4 is 5.32 Å². The van der Waals surface area contributed by atoms with Gasteiger partial charge in [-0.1, -0.05) is 0 Å². The Labute approximate surface area is 106 Å². The zero-order valence-corrected chi connectivity index (χ0v) is 10.5. The fourth-order valence-electron chi connectivity index (χ4n) is 2.56. The lowest BCUT2D eigenvalue weighted by Crippen LogP contribution is -2.30. The lowest BCUT2D eigenvalue weighted by Gasteiger charge is -2.25. The van der Waals surface area contributed by atoms with E-state index in [1.807, 2.05) is 25.3 Å². The quantitative estimate of drug-likeness (QED) is 0.870. The van der Waals surface area contributed by atoms with Gasteiger partial charge < -0.3 is 9.88 Å². The van der Waals surface area contributed by atoms with Gasteiger partial charge in [0, 0.05) is 24.0 Å². The molecule has 0 saturated carbocycles. The number of aromatic nitrogens is 4. The van der Waals surface area contributed by atoms with Crippen molar-refractivity contribution in [2.45, 2.75) is 25.8 Å². The van der Waals surface area contributed by atoms with E-state index in [2.05, 4.69) is 25.1 Å². The molecule has 3 heterocycles. The molecule has 5 nitrogen and oxygen atoms in total. The highest BCUT2D eigenvalue weighted by atomic mass is 15.3. The SMILES string of the molecule is Cc1nnc(-c2cccnc2)n1C1CCNCC1. The predicted octanol–water partition coefficient (Wildman–Crippen LogP) is 1.57. The van der Waals surface area contributed by atoms with E-state index in [1.165, 1.54) is 0 Å². The summed E-state index contributed by atoms with van der Waals surface area (Å²) in [6.45, 7) is 4.15. The second-order valence-electron chi connectivity index (χ2n) is 4.66. The van der Waals surface area contributed by atoms with Gasteiger partial charge in [-0.3, -0.25) is 4.98 Å². The molecule has 0 radical (unpaired) electrons. The van der Waals surface area contributed by atoms with Crippen molar-refractivity contribution in [1.29, 1.82) is 0 Å². The van der Waals surface area contributed by atoms with Gasteiger partial charge in [-0.25, -0.2) is 0 Å². The first kappa shape index (κ1) is 11.3. The average Bonchev–Trinajstić information content (AvgIpc) is 2.83. The van der Waals surface area contributed by atoms with E-state index in [0.29, 0.717) is 6.04 Å². The minimum absolute atomic E-state index is 0.497. The second kappa shape index (κ2) is 4.86. The number of hydrogen-bond donors (Lipinski definition) is 1. The molecule has 3 rings (SSSR count). The van der Waals surface area contributed by atoms with Crippen molar-refractivity contribution in [1.82, 2.24) is 25.1 Å². The number of hydrogen-bond acceptors (Lipinski definition) is 4. The van der Waals surface area contributed by atoms with Crippen LogP contribution in [0.25, 0.3) is 11.4 Å². The molecule has 1 saturated heterocycles. The summed E-state index contributed by atoms with van der Waals surface area (Å²) in [6.07, 6.45) is 5.89. The molecule has 0 spiro atoms. The minimum atomic E-state index is 0.497. The Morgan fingerprint density at radius 1 is 1.28 bits per heavy atom. The Hall–Kier alpha value is -1.75. The summed E-state index contributed by atoms with van der Waals surface area (Å²) in [5.41, 5.74) is 1.04. The molecule has 1 N–H and O–H groups in total. The highest BCUT2D eigenvalue weighted by molar-refractivity contribution is 5.53. The van der Waals surface area contributed by atoms with Crippen molar-refractivity contribution in [3.05, 3.63) is 30.4 Å². The van der Waals surface area contributed by atoms with Crippen LogP contribution in [0.1, 0.15) is 24.7 Å². The highest BCUT2D eigenvalue weighted by Crippen LogP contribution is 2.26. The Balaban J connectivity index is 2.01. The van der Waals surface area contributed by atoms with Gasteiger partial charge in [0.15, 0.2) is 5.82 Å². The standard InChI is InChI=1S/C13H17N5/c1-10-16-17-13(11-3-2-6-15-9-11)18(10)12-4-7-14-8-5-12/h2-3,6,9,12,14H,4-5,7-8H2,1H3. The molecule has 1 aliphatic rings. The maximum atomic E-state index is 4.31. The zero-order valence-electron chi connectivity index (χ0n) is 10.5. The summed E-state index contributed by atoms with van der Waals surface area (Å²) in [7, 11) is 0. The Bertz CT molecular complexity index is 513. The zero-order chi connectivity index (χ0) is 12.4. The van der Waals surface area contributed by atoms with Crippen LogP contribution in [0.3, 0.4) is 0 Å². The molecule has 1 aliphatic heterocycles. The van der Waals surface area contributed by atoms with Crippen LogP contribution in [0, 0.1) is 6.92 Å². The lowest BCUT2D eigenvalue weighted by molar-refractivity contribution is 0.365. The maximum absolute atomic E-state index is 4.31. The molecule has 5 heteroatoms. The van der Waals surface area contributed by atoms with Crippen LogP contribution in [0.5, 0.6) is 0 Å². The third kappa shape index (κ3) is 2.01. The van der Waals surface area contributed by atoms with E-state index in [4.69, 9.17) is 0 Å². The van der Waals surface area contributed by atoms with Crippen molar-refractivity contribution < 1.29 is 0 Å². The second-order valence-corrected chi connectivity index (χ2v) is 4.66. The van der Waals surface area contributed by atoms with Crippen molar-refractivity contribution in [3.8, 4) is 11.4 Å². The molecule has 2 aromatic heterocycles. The Kier molecular flexibility index (Phi) is 3.06. The van der Waals surface area contributed by atoms with Crippen LogP contribution in [-0.2, 0) is 0 Å². The van der Waals surface area contributed by atoms with Crippen LogP contribution in [0.4, 0.5) is 0 Å². The van der Waals surface area contributed by atoms with Crippen molar-refractivity contribution in [2.24, 2.45) is 0 Å². The van der Waals surface area contributed by atoms with Crippen molar-refractivity contribution in [3.63, 3.8) is 0 Å². The summed E-state index contributed by atoms with van der Waals surface area (Å²) in [5.74, 6) is 1.92. The topological polar surface area (TPSA) is 55.6 Å². The van der Waals surface area contributed by atoms with E-state index < -0.39 is 0 Å². The highest BCUT2D eigenvalue weighted by Gasteiger charge is 2.21. The van der Waals surface area contributed by atoms with E-state index in [0.717, 1.165) is 43.1 Å². The van der Waals surface area contributed by atoms with Gasteiger partial charge in [0.05, 0.1) is 0 Å². The van der Waals surface area contributed by atoms with Gasteiger partial charge in [0.1, 0.15) is 5.82 Å². The molecule has 18 heavy (non-hydrogen) atoms. The molecular weight excluding hydrogens is 226 g/mol. The maximum Gasteiger partial charge on any atom is 0.165 e. The predicted molar refractivity (Wildman–Crippen MR) is 69.1 cm³/mol. The number of rotatable bonds is 2. The van der Waals surface area contributed by atoms with Crippen LogP contribution in [0.2, 0.25) is 0 Å².